The van der Waals surface area contributed by atoms with Gasteiger partial charge in [-0.25, -0.2) is 0 Å². The van der Waals surface area contributed by atoms with E-state index < -0.39 is 0 Å². The zero-order chi connectivity index (χ0) is 24.0. The summed E-state index contributed by atoms with van der Waals surface area (Å²) in [5, 5.41) is 0. The fourth-order valence-corrected chi connectivity index (χ4v) is 9.17. The predicted octanol–water partition coefficient (Wildman–Crippen LogP) is 10.3. The summed E-state index contributed by atoms with van der Waals surface area (Å²) in [7, 11) is 0. The molecule has 0 unspecified atom stereocenters. The third-order valence-electron chi connectivity index (χ3n) is 10.0. The van der Waals surface area contributed by atoms with E-state index in [9.17, 15) is 4.79 Å². The molecule has 1 heteroatoms. The number of allylic oxidation sites excluding steroid dienone is 4. The summed E-state index contributed by atoms with van der Waals surface area (Å²) in [4.78, 5) is 11.5. The summed E-state index contributed by atoms with van der Waals surface area (Å²) in [6, 6.07) is 0. The molecular formula is C33H54O. The van der Waals surface area contributed by atoms with Crippen LogP contribution in [0.3, 0.4) is 0 Å². The Labute approximate surface area is 211 Å². The molecule has 0 radical (unpaired) electrons. The van der Waals surface area contributed by atoms with E-state index in [2.05, 4.69) is 38.2 Å². The molecule has 0 N–H and O–H groups in total. The number of hydrogen-bond acceptors (Lipinski definition) is 1. The van der Waals surface area contributed by atoms with Gasteiger partial charge in [0.2, 0.25) is 0 Å². The van der Waals surface area contributed by atoms with E-state index in [4.69, 9.17) is 0 Å². The average Bonchev–Trinajstić information content (AvgIpc) is 2.72. The Morgan fingerprint density at radius 1 is 0.618 bits per heavy atom. The van der Waals surface area contributed by atoms with Gasteiger partial charge in [-0.15, -0.1) is 0 Å². The largest absolute Gasteiger partial charge is 0.300 e. The summed E-state index contributed by atoms with van der Waals surface area (Å²) in [5.74, 6) is 0.529. The molecule has 1 nitrogen and oxygen atoms in total. The quantitative estimate of drug-likeness (QED) is 0.163. The Morgan fingerprint density at radius 3 is 1.82 bits per heavy atom. The van der Waals surface area contributed by atoms with Gasteiger partial charge >= 0.3 is 0 Å². The van der Waals surface area contributed by atoms with Crippen molar-refractivity contribution in [1.29, 1.82) is 0 Å². The van der Waals surface area contributed by atoms with Gasteiger partial charge in [0.15, 0.2) is 0 Å². The molecule has 0 heterocycles. The normalized spacial score (nSPS) is 25.1. The van der Waals surface area contributed by atoms with Crippen LogP contribution in [0.1, 0.15) is 155 Å². The van der Waals surface area contributed by atoms with Crippen LogP contribution >= 0.6 is 0 Å². The van der Waals surface area contributed by atoms with Gasteiger partial charge in [-0.3, -0.25) is 4.79 Å². The molecule has 4 saturated carbocycles. The second kappa shape index (κ2) is 11.5. The van der Waals surface area contributed by atoms with Crippen LogP contribution in [0, 0.1) is 21.7 Å². The van der Waals surface area contributed by atoms with Gasteiger partial charge < -0.3 is 0 Å². The molecule has 192 valence electrons. The highest BCUT2D eigenvalue weighted by Crippen LogP contribution is 2.80. The number of hydrogen-bond donors (Lipinski definition) is 0. The minimum atomic E-state index is 0.486. The lowest BCUT2D eigenvalue weighted by Gasteiger charge is -2.75. The number of unbranched alkanes of at least 4 members (excludes halogenated alkanes) is 10. The van der Waals surface area contributed by atoms with E-state index in [1.165, 1.54) is 122 Å². The number of carbonyl (C=O) groups is 1. The topological polar surface area (TPSA) is 17.1 Å². The van der Waals surface area contributed by atoms with Gasteiger partial charge in [0.1, 0.15) is 5.78 Å². The SMILES string of the molecule is CCCCC/C=C\C/C=C\C1(CCCCCCCCCC)CC2(C1)CC1(CC3(CC(=O)C3)C1)C2. The number of rotatable bonds is 16. The van der Waals surface area contributed by atoms with Crippen molar-refractivity contribution in [3.63, 3.8) is 0 Å². The third kappa shape index (κ3) is 6.28. The monoisotopic (exact) mass is 466 g/mol. The molecule has 4 aliphatic carbocycles. The maximum Gasteiger partial charge on any atom is 0.134 e. The molecule has 0 aromatic rings. The summed E-state index contributed by atoms with van der Waals surface area (Å²) in [5.41, 5.74) is 2.33. The minimum Gasteiger partial charge on any atom is -0.300 e. The molecule has 0 atom stereocenters. The van der Waals surface area contributed by atoms with E-state index in [1.54, 1.807) is 0 Å². The highest BCUT2D eigenvalue weighted by atomic mass is 16.1. The smallest absolute Gasteiger partial charge is 0.134 e. The van der Waals surface area contributed by atoms with Gasteiger partial charge in [-0.2, -0.15) is 0 Å². The van der Waals surface area contributed by atoms with Crippen LogP contribution in [0.25, 0.3) is 0 Å². The van der Waals surface area contributed by atoms with Crippen molar-refractivity contribution in [3.8, 4) is 0 Å². The maximum atomic E-state index is 11.5. The van der Waals surface area contributed by atoms with Crippen molar-refractivity contribution in [2.24, 2.45) is 21.7 Å². The van der Waals surface area contributed by atoms with Crippen molar-refractivity contribution in [2.45, 2.75) is 155 Å². The molecule has 0 aromatic heterocycles. The maximum absolute atomic E-state index is 11.5. The first-order valence-corrected chi connectivity index (χ1v) is 15.3. The Kier molecular flexibility index (Phi) is 8.85. The molecule has 3 spiro atoms. The van der Waals surface area contributed by atoms with Gasteiger partial charge in [0.05, 0.1) is 0 Å². The minimum absolute atomic E-state index is 0.486. The first-order valence-electron chi connectivity index (χ1n) is 15.3. The summed E-state index contributed by atoms with van der Waals surface area (Å²) >= 11 is 0. The highest BCUT2D eigenvalue weighted by molar-refractivity contribution is 5.86. The summed E-state index contributed by atoms with van der Waals surface area (Å²) in [6.45, 7) is 4.59. The van der Waals surface area contributed by atoms with Gasteiger partial charge in [0.25, 0.3) is 0 Å². The molecule has 4 fully saturated rings. The molecule has 0 aliphatic heterocycles. The second-order valence-electron chi connectivity index (χ2n) is 13.6. The van der Waals surface area contributed by atoms with Gasteiger partial charge in [0, 0.05) is 12.8 Å². The fraction of sp³-hybridized carbons (Fsp3) is 0.848. The molecule has 0 saturated heterocycles. The molecule has 4 aliphatic rings. The van der Waals surface area contributed by atoms with Crippen molar-refractivity contribution in [1.82, 2.24) is 0 Å². The van der Waals surface area contributed by atoms with Crippen molar-refractivity contribution < 1.29 is 4.79 Å². The molecule has 0 aromatic carbocycles. The zero-order valence-electron chi connectivity index (χ0n) is 22.8. The van der Waals surface area contributed by atoms with Crippen LogP contribution in [0.5, 0.6) is 0 Å². The second-order valence-corrected chi connectivity index (χ2v) is 13.6. The lowest BCUT2D eigenvalue weighted by molar-refractivity contribution is -0.237. The van der Waals surface area contributed by atoms with Crippen LogP contribution in [-0.4, -0.2) is 5.78 Å². The van der Waals surface area contributed by atoms with E-state index in [1.807, 2.05) is 0 Å². The first-order chi connectivity index (χ1) is 16.5. The first kappa shape index (κ1) is 26.2. The van der Waals surface area contributed by atoms with E-state index >= 15 is 0 Å². The highest BCUT2D eigenvalue weighted by Gasteiger charge is 2.71. The average molecular weight is 467 g/mol. The van der Waals surface area contributed by atoms with Crippen LogP contribution in [0.15, 0.2) is 24.3 Å². The van der Waals surface area contributed by atoms with Crippen LogP contribution in [0.2, 0.25) is 0 Å². The molecule has 34 heavy (non-hydrogen) atoms. The Balaban J connectivity index is 1.19. The Hall–Kier alpha value is -0.850. The number of carbonyl (C=O) groups excluding carboxylic acids is 1. The van der Waals surface area contributed by atoms with E-state index in [-0.39, 0.29) is 0 Å². The Bertz CT molecular complexity index is 693. The van der Waals surface area contributed by atoms with Gasteiger partial charge in [-0.1, -0.05) is 102 Å². The van der Waals surface area contributed by atoms with Crippen molar-refractivity contribution >= 4 is 5.78 Å². The predicted molar refractivity (Wildman–Crippen MR) is 146 cm³/mol. The molecule has 0 amide bonds. The Morgan fingerprint density at radius 2 is 1.18 bits per heavy atom. The van der Waals surface area contributed by atoms with Crippen LogP contribution < -0.4 is 0 Å². The standard InChI is InChI=1S/C33H54O/c1-3-5-7-9-11-13-15-17-19-30(20-18-16-14-12-10-8-6-4-2)23-32(24-30)27-33(28-32)25-31(26-33)21-29(34)22-31/h11,13,17,19H,3-10,12,14-16,18,20-28H2,1-2H3/b13-11-,19-17-. The molecule has 0 bridgehead atoms. The molecular weight excluding hydrogens is 412 g/mol. The summed E-state index contributed by atoms with van der Waals surface area (Å²) in [6.07, 6.45) is 39.7. The zero-order valence-corrected chi connectivity index (χ0v) is 22.8. The fourth-order valence-electron chi connectivity index (χ4n) is 9.17. The van der Waals surface area contributed by atoms with Gasteiger partial charge in [-0.05, 0) is 85.9 Å². The number of Topliss-reactive ketones (excluding diaryl/α,β-unsaturated/α-hetero) is 1. The van der Waals surface area contributed by atoms with Crippen molar-refractivity contribution in [2.75, 3.05) is 0 Å². The molecule has 4 rings (SSSR count). The number of ketones is 1. The van der Waals surface area contributed by atoms with E-state index in [0.29, 0.717) is 27.4 Å². The van der Waals surface area contributed by atoms with E-state index in [0.717, 1.165) is 19.3 Å². The lowest BCUT2D eigenvalue weighted by Crippen LogP contribution is -2.66. The van der Waals surface area contributed by atoms with Crippen molar-refractivity contribution in [3.05, 3.63) is 24.3 Å². The summed E-state index contributed by atoms with van der Waals surface area (Å²) < 4.78 is 0. The van der Waals surface area contributed by atoms with Crippen LogP contribution in [-0.2, 0) is 4.79 Å². The third-order valence-corrected chi connectivity index (χ3v) is 10.0. The van der Waals surface area contributed by atoms with Crippen LogP contribution in [0.4, 0.5) is 0 Å². The lowest BCUT2D eigenvalue weighted by atomic mass is 9.29.